The molecule has 5 heteroatoms. The first kappa shape index (κ1) is 16.9. The van der Waals surface area contributed by atoms with Crippen LogP contribution in [0.15, 0.2) is 24.3 Å². The molecule has 0 bridgehead atoms. The Labute approximate surface area is 132 Å². The Morgan fingerprint density at radius 2 is 1.74 bits per heavy atom. The molecule has 1 aromatic rings. The molecule has 3 rings (SSSR count). The third-order valence-corrected chi connectivity index (χ3v) is 3.99. The van der Waals surface area contributed by atoms with Crippen LogP contribution in [0.4, 0.5) is 5.69 Å². The predicted octanol–water partition coefficient (Wildman–Crippen LogP) is 3.72. The van der Waals surface area contributed by atoms with Crippen LogP contribution in [0.5, 0.6) is 0 Å². The summed E-state index contributed by atoms with van der Waals surface area (Å²) in [4.78, 5) is 5.05. The molecule has 0 spiro atoms. The van der Waals surface area contributed by atoms with Crippen molar-refractivity contribution in [3.8, 4) is 0 Å². The summed E-state index contributed by atoms with van der Waals surface area (Å²) in [5, 5.41) is 0.836. The maximum absolute atomic E-state index is 6.03. The first-order valence-electron chi connectivity index (χ1n) is 6.54. The van der Waals surface area contributed by atoms with Crippen molar-refractivity contribution in [3.63, 3.8) is 0 Å². The van der Waals surface area contributed by atoms with Gasteiger partial charge in [0.1, 0.15) is 0 Å². The van der Waals surface area contributed by atoms with Crippen LogP contribution in [0.1, 0.15) is 12.8 Å². The lowest BCUT2D eigenvalue weighted by Gasteiger charge is -2.36. The van der Waals surface area contributed by atoms with Crippen molar-refractivity contribution in [2.45, 2.75) is 12.8 Å². The minimum Gasteiger partial charge on any atom is -0.369 e. The van der Waals surface area contributed by atoms with Crippen LogP contribution in [-0.4, -0.2) is 37.6 Å². The number of hydrogen-bond donors (Lipinski definition) is 0. The van der Waals surface area contributed by atoms with Crippen molar-refractivity contribution in [1.82, 2.24) is 4.90 Å². The molecule has 0 unspecified atom stereocenters. The summed E-state index contributed by atoms with van der Waals surface area (Å²) in [6.07, 6.45) is 2.91. The Hall–Kier alpha value is -0.150. The largest absolute Gasteiger partial charge is 0.369 e. The highest BCUT2D eigenvalue weighted by atomic mass is 35.5. The Morgan fingerprint density at radius 1 is 1.05 bits per heavy atom. The molecule has 1 aliphatic carbocycles. The van der Waals surface area contributed by atoms with Gasteiger partial charge in [0.25, 0.3) is 0 Å². The molecule has 1 saturated carbocycles. The van der Waals surface area contributed by atoms with E-state index in [1.165, 1.54) is 38.2 Å². The second-order valence-electron chi connectivity index (χ2n) is 5.21. The highest BCUT2D eigenvalue weighted by molar-refractivity contribution is 6.30. The fraction of sp³-hybridized carbons (Fsp3) is 0.571. The van der Waals surface area contributed by atoms with Gasteiger partial charge in [-0.05, 0) is 37.0 Å². The molecule has 2 fully saturated rings. The third kappa shape index (κ3) is 4.71. The lowest BCUT2D eigenvalue weighted by molar-refractivity contribution is 0.248. The maximum Gasteiger partial charge on any atom is 0.0426 e. The van der Waals surface area contributed by atoms with Gasteiger partial charge in [0, 0.05) is 43.4 Å². The van der Waals surface area contributed by atoms with Gasteiger partial charge in [0.05, 0.1) is 0 Å². The van der Waals surface area contributed by atoms with Crippen LogP contribution in [0, 0.1) is 5.92 Å². The molecule has 1 heterocycles. The molecule has 2 aliphatic rings. The van der Waals surface area contributed by atoms with Gasteiger partial charge in [-0.1, -0.05) is 17.7 Å². The molecule has 108 valence electrons. The van der Waals surface area contributed by atoms with Crippen LogP contribution in [0.3, 0.4) is 0 Å². The molecule has 1 aliphatic heterocycles. The fourth-order valence-corrected chi connectivity index (χ4v) is 2.71. The van der Waals surface area contributed by atoms with Gasteiger partial charge in [0.2, 0.25) is 0 Å². The van der Waals surface area contributed by atoms with Crippen LogP contribution in [0.25, 0.3) is 0 Å². The summed E-state index contributed by atoms with van der Waals surface area (Å²) in [7, 11) is 0. The number of nitrogens with zero attached hydrogens (tertiary/aromatic N) is 2. The molecule has 0 radical (unpaired) electrons. The summed E-state index contributed by atoms with van der Waals surface area (Å²) < 4.78 is 0. The van der Waals surface area contributed by atoms with E-state index in [2.05, 4.69) is 21.9 Å². The van der Waals surface area contributed by atoms with E-state index in [1.54, 1.807) is 0 Å². The van der Waals surface area contributed by atoms with Crippen molar-refractivity contribution in [2.24, 2.45) is 5.92 Å². The zero-order valence-electron chi connectivity index (χ0n) is 10.9. The molecule has 1 saturated heterocycles. The second-order valence-corrected chi connectivity index (χ2v) is 5.65. The summed E-state index contributed by atoms with van der Waals surface area (Å²) >= 11 is 6.03. The van der Waals surface area contributed by atoms with Crippen LogP contribution >= 0.6 is 36.4 Å². The standard InChI is InChI=1S/C14H19ClN2.2ClH/c15-13-2-1-3-14(10-13)17-8-6-16(7-9-17)11-12-4-5-12;;/h1-3,10,12H,4-9,11H2;2*1H. The molecule has 0 N–H and O–H groups in total. The van der Waals surface area contributed by atoms with Gasteiger partial charge in [0.15, 0.2) is 0 Å². The normalized spacial score (nSPS) is 19.5. The zero-order valence-corrected chi connectivity index (χ0v) is 13.3. The Balaban J connectivity index is 0.000000902. The van der Waals surface area contributed by atoms with E-state index < -0.39 is 0 Å². The molecular formula is C14H21Cl3N2. The monoisotopic (exact) mass is 322 g/mol. The quantitative estimate of drug-likeness (QED) is 0.836. The van der Waals surface area contributed by atoms with E-state index in [-0.39, 0.29) is 24.8 Å². The van der Waals surface area contributed by atoms with E-state index in [0.717, 1.165) is 24.0 Å². The van der Waals surface area contributed by atoms with Crippen molar-refractivity contribution in [1.29, 1.82) is 0 Å². The van der Waals surface area contributed by atoms with Crippen molar-refractivity contribution < 1.29 is 0 Å². The topological polar surface area (TPSA) is 6.48 Å². The predicted molar refractivity (Wildman–Crippen MR) is 87.3 cm³/mol. The lowest BCUT2D eigenvalue weighted by Crippen LogP contribution is -2.47. The Morgan fingerprint density at radius 3 is 2.32 bits per heavy atom. The number of hydrogen-bond acceptors (Lipinski definition) is 2. The number of anilines is 1. The van der Waals surface area contributed by atoms with Gasteiger partial charge in [-0.3, -0.25) is 4.90 Å². The van der Waals surface area contributed by atoms with Gasteiger partial charge in [-0.15, -0.1) is 24.8 Å². The fourth-order valence-electron chi connectivity index (χ4n) is 2.53. The molecular weight excluding hydrogens is 303 g/mol. The smallest absolute Gasteiger partial charge is 0.0426 e. The maximum atomic E-state index is 6.03. The SMILES string of the molecule is Cl.Cl.Clc1cccc(N2CCN(CC3CC3)CC2)c1. The molecule has 19 heavy (non-hydrogen) atoms. The summed E-state index contributed by atoms with van der Waals surface area (Å²) in [5.74, 6) is 1.01. The minimum absolute atomic E-state index is 0. The lowest BCUT2D eigenvalue weighted by atomic mass is 10.2. The highest BCUT2D eigenvalue weighted by Crippen LogP contribution is 2.30. The second kappa shape index (κ2) is 7.58. The highest BCUT2D eigenvalue weighted by Gasteiger charge is 2.26. The van der Waals surface area contributed by atoms with Crippen LogP contribution in [-0.2, 0) is 0 Å². The van der Waals surface area contributed by atoms with Gasteiger partial charge < -0.3 is 4.90 Å². The van der Waals surface area contributed by atoms with Gasteiger partial charge in [-0.2, -0.15) is 0 Å². The molecule has 1 aromatic carbocycles. The van der Waals surface area contributed by atoms with Crippen molar-refractivity contribution >= 4 is 42.1 Å². The number of halogens is 3. The number of benzene rings is 1. The van der Waals surface area contributed by atoms with Crippen molar-refractivity contribution in [2.75, 3.05) is 37.6 Å². The van der Waals surface area contributed by atoms with E-state index in [0.29, 0.717) is 0 Å². The Bertz CT molecular complexity index is 388. The number of rotatable bonds is 3. The van der Waals surface area contributed by atoms with E-state index in [1.807, 2.05) is 12.1 Å². The molecule has 0 atom stereocenters. The summed E-state index contributed by atoms with van der Waals surface area (Å²) in [5.41, 5.74) is 1.27. The average Bonchev–Trinajstić information content (AvgIpc) is 3.14. The van der Waals surface area contributed by atoms with E-state index >= 15 is 0 Å². The molecule has 2 nitrogen and oxygen atoms in total. The summed E-state index contributed by atoms with van der Waals surface area (Å²) in [6.45, 7) is 5.98. The average molecular weight is 324 g/mol. The first-order chi connectivity index (χ1) is 8.31. The van der Waals surface area contributed by atoms with Crippen molar-refractivity contribution in [3.05, 3.63) is 29.3 Å². The van der Waals surface area contributed by atoms with Crippen LogP contribution < -0.4 is 4.90 Å². The van der Waals surface area contributed by atoms with E-state index in [4.69, 9.17) is 11.6 Å². The Kier molecular flexibility index (Phi) is 6.75. The van der Waals surface area contributed by atoms with Gasteiger partial charge >= 0.3 is 0 Å². The summed E-state index contributed by atoms with van der Waals surface area (Å²) in [6, 6.07) is 8.20. The molecule has 0 aromatic heterocycles. The third-order valence-electron chi connectivity index (χ3n) is 3.76. The van der Waals surface area contributed by atoms with E-state index in [9.17, 15) is 0 Å². The van der Waals surface area contributed by atoms with Gasteiger partial charge in [-0.25, -0.2) is 0 Å². The van der Waals surface area contributed by atoms with Crippen LogP contribution in [0.2, 0.25) is 5.02 Å². The minimum atomic E-state index is 0. The first-order valence-corrected chi connectivity index (χ1v) is 6.92. The zero-order chi connectivity index (χ0) is 11.7. The molecule has 0 amide bonds. The number of piperazine rings is 1.